The zero-order chi connectivity index (χ0) is 20.3. The first kappa shape index (κ1) is 19.1. The van der Waals surface area contributed by atoms with E-state index in [0.717, 1.165) is 44.1 Å². The van der Waals surface area contributed by atoms with Crippen LogP contribution in [-0.4, -0.2) is 16.5 Å². The number of benzene rings is 1. The highest BCUT2D eigenvalue weighted by molar-refractivity contribution is 5.91. The maximum Gasteiger partial charge on any atom is 0.155 e. The summed E-state index contributed by atoms with van der Waals surface area (Å²) in [4.78, 5) is 12.0. The number of carbonyl (C=O) groups is 1. The first-order valence-corrected chi connectivity index (χ1v) is 11.4. The Kier molecular flexibility index (Phi) is 4.34. The van der Waals surface area contributed by atoms with Gasteiger partial charge < -0.3 is 5.11 Å². The molecule has 1 N–H and O–H groups in total. The summed E-state index contributed by atoms with van der Waals surface area (Å²) in [5.74, 6) is 8.76. The third-order valence-electron chi connectivity index (χ3n) is 9.30. The molecule has 5 rings (SSSR count). The predicted octanol–water partition coefficient (Wildman–Crippen LogP) is 5.30. The van der Waals surface area contributed by atoms with Crippen molar-refractivity contribution in [2.45, 2.75) is 70.8 Å². The molecule has 0 saturated heterocycles. The first-order valence-electron chi connectivity index (χ1n) is 11.4. The van der Waals surface area contributed by atoms with E-state index in [1.54, 1.807) is 0 Å². The van der Waals surface area contributed by atoms with Gasteiger partial charge in [-0.2, -0.15) is 0 Å². The van der Waals surface area contributed by atoms with Crippen molar-refractivity contribution in [3.05, 3.63) is 47.5 Å². The van der Waals surface area contributed by atoms with Gasteiger partial charge in [-0.25, -0.2) is 0 Å². The second-order valence-electron chi connectivity index (χ2n) is 10.4. The maximum atomic E-state index is 12.0. The Morgan fingerprint density at radius 3 is 2.52 bits per heavy atom. The van der Waals surface area contributed by atoms with Crippen LogP contribution >= 0.6 is 0 Å². The molecule has 0 radical (unpaired) electrons. The zero-order valence-electron chi connectivity index (χ0n) is 17.7. The summed E-state index contributed by atoms with van der Waals surface area (Å²) in [6, 6.07) is 10.0. The van der Waals surface area contributed by atoms with Crippen LogP contribution in [0.4, 0.5) is 0 Å². The van der Waals surface area contributed by atoms with Gasteiger partial charge >= 0.3 is 0 Å². The van der Waals surface area contributed by atoms with Crippen molar-refractivity contribution in [3.8, 4) is 11.8 Å². The molecule has 0 unspecified atom stereocenters. The molecule has 0 aliphatic heterocycles. The predicted molar refractivity (Wildman–Crippen MR) is 115 cm³/mol. The van der Waals surface area contributed by atoms with Crippen molar-refractivity contribution >= 4 is 5.78 Å². The lowest BCUT2D eigenvalue weighted by Crippen LogP contribution is -2.54. The Bertz CT molecular complexity index is 919. The van der Waals surface area contributed by atoms with Crippen molar-refractivity contribution in [2.24, 2.45) is 28.6 Å². The quantitative estimate of drug-likeness (QED) is 0.612. The number of aliphatic hydroxyl groups is 1. The molecule has 0 amide bonds. The zero-order valence-corrected chi connectivity index (χ0v) is 17.7. The summed E-state index contributed by atoms with van der Waals surface area (Å²) in [5, 5.41) is 11.7. The van der Waals surface area contributed by atoms with Gasteiger partial charge in [-0.3, -0.25) is 4.79 Å². The highest BCUT2D eigenvalue weighted by Crippen LogP contribution is 2.67. The monoisotopic (exact) mass is 388 g/mol. The fraction of sp³-hybridized carbons (Fsp3) is 0.593. The van der Waals surface area contributed by atoms with Crippen molar-refractivity contribution < 1.29 is 9.90 Å². The van der Waals surface area contributed by atoms with Crippen molar-refractivity contribution in [1.82, 2.24) is 0 Å². The molecule has 0 bridgehead atoms. The molecule has 0 spiro atoms. The Morgan fingerprint density at radius 1 is 0.966 bits per heavy atom. The van der Waals surface area contributed by atoms with Gasteiger partial charge in [0, 0.05) is 17.4 Å². The van der Waals surface area contributed by atoms with Crippen LogP contribution in [0, 0.1) is 40.4 Å². The fourth-order valence-corrected chi connectivity index (χ4v) is 7.48. The molecule has 3 saturated carbocycles. The summed E-state index contributed by atoms with van der Waals surface area (Å²) in [6.07, 6.45) is 9.97. The molecular formula is C27H32O2. The highest BCUT2D eigenvalue weighted by Gasteiger charge is 2.63. The summed E-state index contributed by atoms with van der Waals surface area (Å²) in [5.41, 5.74) is 1.56. The first-order chi connectivity index (χ1) is 13.9. The number of hydrogen-bond donors (Lipinski definition) is 1. The van der Waals surface area contributed by atoms with E-state index in [2.05, 4.69) is 25.7 Å². The summed E-state index contributed by atoms with van der Waals surface area (Å²) in [6.45, 7) is 4.72. The van der Waals surface area contributed by atoms with Crippen LogP contribution in [0.1, 0.15) is 70.8 Å². The van der Waals surface area contributed by atoms with Crippen LogP contribution in [0.15, 0.2) is 42.0 Å². The second-order valence-corrected chi connectivity index (χ2v) is 10.4. The Morgan fingerprint density at radius 2 is 1.72 bits per heavy atom. The van der Waals surface area contributed by atoms with Crippen LogP contribution in [-0.2, 0) is 4.79 Å². The highest BCUT2D eigenvalue weighted by atomic mass is 16.3. The third kappa shape index (κ3) is 2.77. The largest absolute Gasteiger partial charge is 0.377 e. The molecule has 2 nitrogen and oxygen atoms in total. The van der Waals surface area contributed by atoms with E-state index in [0.29, 0.717) is 30.0 Å². The van der Waals surface area contributed by atoms with Gasteiger partial charge in [0.25, 0.3) is 0 Å². The van der Waals surface area contributed by atoms with Gasteiger partial charge in [-0.05, 0) is 86.3 Å². The van der Waals surface area contributed by atoms with Crippen LogP contribution in [0.5, 0.6) is 0 Å². The van der Waals surface area contributed by atoms with Gasteiger partial charge in [0.2, 0.25) is 0 Å². The van der Waals surface area contributed by atoms with E-state index in [-0.39, 0.29) is 10.8 Å². The van der Waals surface area contributed by atoms with Crippen LogP contribution in [0.2, 0.25) is 0 Å². The molecule has 152 valence electrons. The van der Waals surface area contributed by atoms with Gasteiger partial charge in [-0.15, -0.1) is 0 Å². The van der Waals surface area contributed by atoms with Crippen LogP contribution < -0.4 is 0 Å². The number of hydrogen-bond acceptors (Lipinski definition) is 2. The van der Waals surface area contributed by atoms with Gasteiger partial charge in [0.1, 0.15) is 5.60 Å². The number of fused-ring (bicyclic) bond motifs is 5. The molecule has 0 heterocycles. The lowest BCUT2D eigenvalue weighted by Gasteiger charge is -2.58. The summed E-state index contributed by atoms with van der Waals surface area (Å²) < 4.78 is 0. The van der Waals surface area contributed by atoms with E-state index >= 15 is 0 Å². The molecule has 0 aromatic heterocycles. The normalized spacial score (nSPS) is 43.3. The number of allylic oxidation sites excluding steroid dienone is 1. The van der Waals surface area contributed by atoms with Crippen molar-refractivity contribution in [1.29, 1.82) is 0 Å². The minimum atomic E-state index is -0.891. The smallest absolute Gasteiger partial charge is 0.155 e. The summed E-state index contributed by atoms with van der Waals surface area (Å²) >= 11 is 0. The number of rotatable bonds is 0. The maximum absolute atomic E-state index is 12.0. The molecule has 1 aromatic rings. The van der Waals surface area contributed by atoms with Gasteiger partial charge in [0.15, 0.2) is 5.78 Å². The van der Waals surface area contributed by atoms with Crippen molar-refractivity contribution in [3.63, 3.8) is 0 Å². The van der Waals surface area contributed by atoms with E-state index in [1.807, 2.05) is 36.4 Å². The van der Waals surface area contributed by atoms with Crippen molar-refractivity contribution in [2.75, 3.05) is 0 Å². The molecule has 4 aliphatic rings. The second kappa shape index (κ2) is 6.58. The van der Waals surface area contributed by atoms with E-state index in [9.17, 15) is 9.90 Å². The molecule has 3 fully saturated rings. The average Bonchev–Trinajstić information content (AvgIpc) is 2.99. The van der Waals surface area contributed by atoms with E-state index < -0.39 is 5.60 Å². The Balaban J connectivity index is 1.45. The average molecular weight is 389 g/mol. The minimum absolute atomic E-state index is 0.127. The van der Waals surface area contributed by atoms with E-state index in [1.165, 1.54) is 12.0 Å². The van der Waals surface area contributed by atoms with Crippen LogP contribution in [0.3, 0.4) is 0 Å². The minimum Gasteiger partial charge on any atom is -0.377 e. The Labute approximate surface area is 174 Å². The molecule has 6 atom stereocenters. The lowest BCUT2D eigenvalue weighted by atomic mass is 9.46. The third-order valence-corrected chi connectivity index (χ3v) is 9.30. The molecule has 4 aliphatic carbocycles. The molecular weight excluding hydrogens is 356 g/mol. The topological polar surface area (TPSA) is 37.3 Å². The number of ketones is 1. The van der Waals surface area contributed by atoms with Gasteiger partial charge in [0.05, 0.1) is 0 Å². The fourth-order valence-electron chi connectivity index (χ4n) is 7.48. The molecule has 29 heavy (non-hydrogen) atoms. The lowest BCUT2D eigenvalue weighted by molar-refractivity contribution is -0.119. The molecule has 2 heteroatoms. The molecule has 1 aromatic carbocycles. The Hall–Kier alpha value is -1.85. The van der Waals surface area contributed by atoms with Gasteiger partial charge in [-0.1, -0.05) is 49.5 Å². The summed E-state index contributed by atoms with van der Waals surface area (Å²) in [7, 11) is 0. The standard InChI is InChI=1S/C27H32O2/c1-25-14-11-21(28)18-20(25)8-9-22-23(25)12-15-26(2)24(22)13-17-27(26,29)16-10-19-6-4-3-5-7-19/h3-7,18,22-24,29H,8-9,11-15,17H2,1-2H3/t22-,23+,24-,25-,26-,27+/m1/s1. The number of carbonyl (C=O) groups excluding carboxylic acids is 1. The van der Waals surface area contributed by atoms with Crippen LogP contribution in [0.25, 0.3) is 0 Å². The SMILES string of the molecule is C[C@@]12CCC(=O)C=C1CC[C@H]1[C@H]3CC[C@@](O)(C#Cc4ccccc4)[C@]3(C)CC[C@@H]12. The van der Waals surface area contributed by atoms with E-state index in [4.69, 9.17) is 0 Å².